The van der Waals surface area contributed by atoms with Gasteiger partial charge in [0.1, 0.15) is 0 Å². The molecule has 1 saturated carbocycles. The fraction of sp³-hybridized carbons (Fsp3) is 0.727. The molecule has 14 heavy (non-hydrogen) atoms. The summed E-state index contributed by atoms with van der Waals surface area (Å²) in [5.74, 6) is 0.651. The maximum absolute atomic E-state index is 7.26. The molecule has 0 radical (unpaired) electrons. The largest absolute Gasteiger partial charge is 0.376 e. The summed E-state index contributed by atoms with van der Waals surface area (Å²) in [7, 11) is 0. The second-order valence-electron chi connectivity index (χ2n) is 3.91. The predicted octanol–water partition coefficient (Wildman–Crippen LogP) is 1.87. The normalized spacial score (nSPS) is 19.1. The number of nitrogens with one attached hydrogen (secondary N) is 3. The minimum Gasteiger partial charge on any atom is -0.376 e. The summed E-state index contributed by atoms with van der Waals surface area (Å²) in [5.41, 5.74) is 1.13. The maximum Gasteiger partial charge on any atom is 0.0734 e. The Labute approximate surface area is 86.5 Å². The van der Waals surface area contributed by atoms with E-state index in [4.69, 9.17) is 5.41 Å². The number of hydrogen-bond donors (Lipinski definition) is 3. The van der Waals surface area contributed by atoms with Crippen LogP contribution in [0.4, 0.5) is 0 Å². The summed E-state index contributed by atoms with van der Waals surface area (Å²) in [6.07, 6.45) is 7.40. The van der Waals surface area contributed by atoms with Crippen molar-refractivity contribution in [3.63, 3.8) is 0 Å². The van der Waals surface area contributed by atoms with Crippen LogP contribution in [0.3, 0.4) is 0 Å². The van der Waals surface area contributed by atoms with Crippen LogP contribution in [0, 0.1) is 11.3 Å². The number of allylic oxidation sites excluding steroid dienone is 1. The average molecular weight is 195 g/mol. The minimum atomic E-state index is 0.295. The third-order valence-corrected chi connectivity index (χ3v) is 2.42. The van der Waals surface area contributed by atoms with Crippen molar-refractivity contribution in [3.8, 4) is 0 Å². The van der Waals surface area contributed by atoms with Crippen molar-refractivity contribution >= 4 is 6.21 Å². The van der Waals surface area contributed by atoms with Gasteiger partial charge in [0, 0.05) is 12.4 Å². The molecule has 0 aromatic rings. The van der Waals surface area contributed by atoms with Gasteiger partial charge in [0.05, 0.1) is 6.17 Å². The first-order valence-electron chi connectivity index (χ1n) is 5.48. The average Bonchev–Trinajstić information content (AvgIpc) is 2.99. The topological polar surface area (TPSA) is 47.9 Å². The molecular weight excluding hydrogens is 174 g/mol. The summed E-state index contributed by atoms with van der Waals surface area (Å²) >= 11 is 0. The van der Waals surface area contributed by atoms with Gasteiger partial charge in [-0.25, -0.2) is 0 Å². The highest BCUT2D eigenvalue weighted by Crippen LogP contribution is 2.34. The van der Waals surface area contributed by atoms with Gasteiger partial charge >= 0.3 is 0 Å². The van der Waals surface area contributed by atoms with Crippen molar-refractivity contribution in [2.45, 2.75) is 39.3 Å². The van der Waals surface area contributed by atoms with E-state index in [-0.39, 0.29) is 0 Å². The van der Waals surface area contributed by atoms with Gasteiger partial charge in [-0.15, -0.1) is 0 Å². The molecule has 1 fully saturated rings. The van der Waals surface area contributed by atoms with Gasteiger partial charge in [-0.1, -0.05) is 6.92 Å². The molecule has 1 unspecified atom stereocenters. The van der Waals surface area contributed by atoms with Crippen LogP contribution < -0.4 is 10.6 Å². The predicted molar refractivity (Wildman–Crippen MR) is 60.5 cm³/mol. The van der Waals surface area contributed by atoms with E-state index in [1.54, 1.807) is 0 Å². The molecule has 3 nitrogen and oxygen atoms in total. The van der Waals surface area contributed by atoms with E-state index >= 15 is 0 Å². The Hall–Kier alpha value is -0.830. The van der Waals surface area contributed by atoms with E-state index < -0.39 is 0 Å². The Morgan fingerprint density at radius 3 is 2.79 bits per heavy atom. The second-order valence-corrected chi connectivity index (χ2v) is 3.91. The third kappa shape index (κ3) is 3.92. The van der Waals surface area contributed by atoms with Gasteiger partial charge in [-0.2, -0.15) is 0 Å². The third-order valence-electron chi connectivity index (χ3n) is 2.42. The summed E-state index contributed by atoms with van der Waals surface area (Å²) in [6, 6.07) is 0. The van der Waals surface area contributed by atoms with Crippen molar-refractivity contribution < 1.29 is 0 Å². The van der Waals surface area contributed by atoms with E-state index in [2.05, 4.69) is 24.5 Å². The van der Waals surface area contributed by atoms with E-state index in [0.29, 0.717) is 12.1 Å². The molecule has 0 saturated heterocycles. The lowest BCUT2D eigenvalue weighted by molar-refractivity contribution is 0.504. The molecule has 0 bridgehead atoms. The first-order chi connectivity index (χ1) is 6.77. The molecule has 1 aliphatic carbocycles. The zero-order valence-electron chi connectivity index (χ0n) is 9.14. The molecule has 0 heterocycles. The zero-order valence-corrected chi connectivity index (χ0v) is 9.14. The lowest BCUT2D eigenvalue weighted by Gasteiger charge is -2.13. The molecule has 1 rings (SSSR count). The van der Waals surface area contributed by atoms with Gasteiger partial charge in [0.2, 0.25) is 0 Å². The van der Waals surface area contributed by atoms with Gasteiger partial charge in [-0.3, -0.25) is 5.32 Å². The minimum absolute atomic E-state index is 0.295. The Bertz CT molecular complexity index is 207. The standard InChI is InChI=1S/C11H21N3/c1-3-6-13-9(2)14-8-11(7-12)10-4-5-10/h7-10,12-14H,3-6H2,1-2H3/b11-8+,12-7?. The van der Waals surface area contributed by atoms with Crippen molar-refractivity contribution in [2.75, 3.05) is 6.54 Å². The molecule has 0 aromatic heterocycles. The molecule has 3 heteroatoms. The van der Waals surface area contributed by atoms with E-state index in [1.165, 1.54) is 19.1 Å². The highest BCUT2D eigenvalue weighted by molar-refractivity contribution is 5.77. The van der Waals surface area contributed by atoms with Gasteiger partial charge in [0.15, 0.2) is 0 Å². The molecule has 0 amide bonds. The summed E-state index contributed by atoms with van der Waals surface area (Å²) < 4.78 is 0. The van der Waals surface area contributed by atoms with Gasteiger partial charge in [0.25, 0.3) is 0 Å². The highest BCUT2D eigenvalue weighted by atomic mass is 15.1. The first-order valence-corrected chi connectivity index (χ1v) is 5.48. The monoisotopic (exact) mass is 195 g/mol. The van der Waals surface area contributed by atoms with Crippen LogP contribution in [0.5, 0.6) is 0 Å². The molecule has 0 aromatic carbocycles. The van der Waals surface area contributed by atoms with Crippen LogP contribution in [0.1, 0.15) is 33.1 Å². The Kier molecular flexibility index (Phi) is 4.66. The smallest absolute Gasteiger partial charge is 0.0734 e. The summed E-state index contributed by atoms with van der Waals surface area (Å²) in [5, 5.41) is 13.9. The van der Waals surface area contributed by atoms with Crippen LogP contribution >= 0.6 is 0 Å². The van der Waals surface area contributed by atoms with Crippen LogP contribution in [0.2, 0.25) is 0 Å². The Morgan fingerprint density at radius 1 is 1.57 bits per heavy atom. The molecular formula is C11H21N3. The lowest BCUT2D eigenvalue weighted by atomic mass is 10.2. The van der Waals surface area contributed by atoms with Crippen molar-refractivity contribution in [1.29, 1.82) is 5.41 Å². The van der Waals surface area contributed by atoms with Crippen molar-refractivity contribution in [2.24, 2.45) is 5.92 Å². The molecule has 1 aliphatic rings. The van der Waals surface area contributed by atoms with E-state index in [9.17, 15) is 0 Å². The van der Waals surface area contributed by atoms with Gasteiger partial charge < -0.3 is 10.7 Å². The van der Waals surface area contributed by atoms with Gasteiger partial charge in [-0.05, 0) is 44.2 Å². The lowest BCUT2D eigenvalue weighted by Crippen LogP contribution is -2.37. The Balaban J connectivity index is 2.24. The molecule has 0 aliphatic heterocycles. The van der Waals surface area contributed by atoms with E-state index in [0.717, 1.165) is 18.5 Å². The van der Waals surface area contributed by atoms with Crippen LogP contribution in [0.15, 0.2) is 11.8 Å². The molecule has 3 N–H and O–H groups in total. The van der Waals surface area contributed by atoms with Crippen molar-refractivity contribution in [1.82, 2.24) is 10.6 Å². The summed E-state index contributed by atoms with van der Waals surface area (Å²) in [4.78, 5) is 0. The van der Waals surface area contributed by atoms with Crippen LogP contribution in [0.25, 0.3) is 0 Å². The van der Waals surface area contributed by atoms with E-state index in [1.807, 2.05) is 6.20 Å². The fourth-order valence-electron chi connectivity index (χ4n) is 1.34. The quantitative estimate of drug-likeness (QED) is 0.429. The SMILES string of the molecule is CCCNC(C)N/C=C(\C=N)C1CC1. The van der Waals surface area contributed by atoms with Crippen LogP contribution in [-0.4, -0.2) is 18.9 Å². The maximum atomic E-state index is 7.26. The fourth-order valence-corrected chi connectivity index (χ4v) is 1.34. The van der Waals surface area contributed by atoms with Crippen molar-refractivity contribution in [3.05, 3.63) is 11.8 Å². The number of rotatable bonds is 7. The zero-order chi connectivity index (χ0) is 10.4. The summed E-state index contributed by atoms with van der Waals surface area (Å²) in [6.45, 7) is 5.29. The molecule has 0 spiro atoms. The van der Waals surface area contributed by atoms with Crippen LogP contribution in [-0.2, 0) is 0 Å². The second kappa shape index (κ2) is 5.81. The Morgan fingerprint density at radius 2 is 2.29 bits per heavy atom. The first kappa shape index (κ1) is 11.2. The molecule has 80 valence electrons. The highest BCUT2D eigenvalue weighted by Gasteiger charge is 2.24. The number of hydrogen-bond acceptors (Lipinski definition) is 3. The molecule has 1 atom stereocenters.